The molecule has 6 nitrogen and oxygen atoms in total. The number of carbonyl (C=O) groups excluding carboxylic acids is 1. The molecule has 6 heteroatoms. The molecule has 0 saturated heterocycles. The minimum absolute atomic E-state index is 0.0433. The van der Waals surface area contributed by atoms with Gasteiger partial charge in [-0.15, -0.1) is 0 Å². The Morgan fingerprint density at radius 2 is 2.06 bits per heavy atom. The molecule has 0 atom stereocenters. The predicted octanol–water partition coefficient (Wildman–Crippen LogP) is 1.18. The fraction of sp³-hybridized carbons (Fsp3) is 0.417. The molecule has 1 aromatic carbocycles. The topological polar surface area (TPSA) is 74.2 Å². The van der Waals surface area contributed by atoms with E-state index in [9.17, 15) is 9.90 Å². The van der Waals surface area contributed by atoms with E-state index in [4.69, 9.17) is 14.2 Å². The Morgan fingerprint density at radius 3 is 2.72 bits per heavy atom. The third-order valence-corrected chi connectivity index (χ3v) is 2.12. The van der Waals surface area contributed by atoms with Crippen molar-refractivity contribution in [2.75, 3.05) is 34.2 Å². The van der Waals surface area contributed by atoms with Crippen molar-refractivity contribution in [1.29, 1.82) is 0 Å². The van der Waals surface area contributed by atoms with Crippen LogP contribution in [0.25, 0.3) is 0 Å². The summed E-state index contributed by atoms with van der Waals surface area (Å²) < 4.78 is 19.7. The minimum atomic E-state index is -0.585. The van der Waals surface area contributed by atoms with Gasteiger partial charge in [-0.25, -0.2) is 4.79 Å². The number of esters is 1. The summed E-state index contributed by atoms with van der Waals surface area (Å²) in [7, 11) is 2.81. The summed E-state index contributed by atoms with van der Waals surface area (Å²) >= 11 is 0. The molecule has 100 valence electrons. The number of methoxy groups -OCH3 is 2. The van der Waals surface area contributed by atoms with Crippen molar-refractivity contribution in [1.82, 2.24) is 0 Å². The molecule has 0 unspecified atom stereocenters. The number of para-hydroxylation sites is 1. The van der Waals surface area contributed by atoms with Crippen LogP contribution in [0.15, 0.2) is 18.2 Å². The number of hydrogen-bond acceptors (Lipinski definition) is 6. The van der Waals surface area contributed by atoms with Gasteiger partial charge >= 0.3 is 5.97 Å². The Balaban J connectivity index is 2.65. The first kappa shape index (κ1) is 14.3. The standard InChI is InChI=1S/C12H16O6/c1-15-6-7-17-8-18-11-9(12(14)16-2)4-3-5-10(11)13/h3-5,13H,6-8H2,1-2H3. The maximum absolute atomic E-state index is 11.4. The van der Waals surface area contributed by atoms with Crippen molar-refractivity contribution >= 4 is 5.97 Å². The summed E-state index contributed by atoms with van der Waals surface area (Å²) in [5.74, 6) is -0.687. The van der Waals surface area contributed by atoms with Crippen LogP contribution in [0, 0.1) is 0 Å². The molecule has 0 radical (unpaired) electrons. The van der Waals surface area contributed by atoms with Crippen LogP contribution in [-0.2, 0) is 14.2 Å². The zero-order chi connectivity index (χ0) is 13.4. The average molecular weight is 256 g/mol. The van der Waals surface area contributed by atoms with Gasteiger partial charge in [0.15, 0.2) is 18.3 Å². The molecule has 1 N–H and O–H groups in total. The molecular formula is C12H16O6. The predicted molar refractivity (Wildman–Crippen MR) is 62.8 cm³/mol. The Labute approximate surface area is 105 Å². The van der Waals surface area contributed by atoms with Crippen LogP contribution in [0.2, 0.25) is 0 Å². The molecule has 18 heavy (non-hydrogen) atoms. The summed E-state index contributed by atoms with van der Waals surface area (Å²) in [4.78, 5) is 11.4. The normalized spacial score (nSPS) is 10.1. The molecule has 0 aliphatic heterocycles. The zero-order valence-electron chi connectivity index (χ0n) is 10.3. The van der Waals surface area contributed by atoms with Crippen molar-refractivity contribution in [3.8, 4) is 11.5 Å². The van der Waals surface area contributed by atoms with E-state index in [-0.39, 0.29) is 23.9 Å². The number of aromatic hydroxyl groups is 1. The van der Waals surface area contributed by atoms with Crippen LogP contribution in [-0.4, -0.2) is 45.3 Å². The maximum Gasteiger partial charge on any atom is 0.341 e. The molecule has 0 bridgehead atoms. The number of hydrogen-bond donors (Lipinski definition) is 1. The number of carbonyl (C=O) groups is 1. The highest BCUT2D eigenvalue weighted by Gasteiger charge is 2.16. The number of phenols is 1. The molecule has 0 fully saturated rings. The van der Waals surface area contributed by atoms with E-state index in [2.05, 4.69) is 4.74 Å². The van der Waals surface area contributed by atoms with E-state index in [0.717, 1.165) is 0 Å². The molecule has 0 amide bonds. The van der Waals surface area contributed by atoms with Gasteiger partial charge < -0.3 is 24.1 Å². The SMILES string of the molecule is COCCOCOc1c(O)cccc1C(=O)OC. The number of ether oxygens (including phenoxy) is 4. The highest BCUT2D eigenvalue weighted by atomic mass is 16.7. The second kappa shape index (κ2) is 7.52. The van der Waals surface area contributed by atoms with Gasteiger partial charge in [-0.2, -0.15) is 0 Å². The first-order chi connectivity index (χ1) is 8.70. The van der Waals surface area contributed by atoms with Crippen LogP contribution in [0.3, 0.4) is 0 Å². The first-order valence-corrected chi connectivity index (χ1v) is 5.30. The lowest BCUT2D eigenvalue weighted by molar-refractivity contribution is -0.0101. The van der Waals surface area contributed by atoms with Crippen LogP contribution in [0.1, 0.15) is 10.4 Å². The van der Waals surface area contributed by atoms with Gasteiger partial charge in [-0.3, -0.25) is 0 Å². The van der Waals surface area contributed by atoms with Crippen molar-refractivity contribution in [2.45, 2.75) is 0 Å². The van der Waals surface area contributed by atoms with Crippen LogP contribution in [0.5, 0.6) is 11.5 Å². The van der Waals surface area contributed by atoms with E-state index in [0.29, 0.717) is 13.2 Å². The summed E-state index contributed by atoms with van der Waals surface area (Å²) in [6, 6.07) is 4.44. The Kier molecular flexibility index (Phi) is 5.96. The van der Waals surface area contributed by atoms with Gasteiger partial charge in [0.2, 0.25) is 0 Å². The third-order valence-electron chi connectivity index (χ3n) is 2.12. The summed E-state index contributed by atoms with van der Waals surface area (Å²) in [6.07, 6.45) is 0. The lowest BCUT2D eigenvalue weighted by Gasteiger charge is -2.11. The van der Waals surface area contributed by atoms with Gasteiger partial charge in [0.25, 0.3) is 0 Å². The summed E-state index contributed by atoms with van der Waals surface area (Å²) in [5.41, 5.74) is 0.146. The second-order valence-corrected chi connectivity index (χ2v) is 3.31. The van der Waals surface area contributed by atoms with E-state index < -0.39 is 5.97 Å². The Bertz CT molecular complexity index is 390. The second-order valence-electron chi connectivity index (χ2n) is 3.31. The molecule has 0 aliphatic rings. The molecule has 0 aromatic heterocycles. The van der Waals surface area contributed by atoms with E-state index >= 15 is 0 Å². The lowest BCUT2D eigenvalue weighted by Crippen LogP contribution is -2.11. The number of benzene rings is 1. The van der Waals surface area contributed by atoms with Crippen LogP contribution < -0.4 is 4.74 Å². The van der Waals surface area contributed by atoms with E-state index in [1.165, 1.54) is 25.3 Å². The summed E-state index contributed by atoms with van der Waals surface area (Å²) in [5, 5.41) is 9.63. The fourth-order valence-corrected chi connectivity index (χ4v) is 1.25. The Morgan fingerprint density at radius 1 is 1.28 bits per heavy atom. The molecule has 0 saturated carbocycles. The number of phenolic OH excluding ortho intramolecular Hbond substituents is 1. The molecule has 0 heterocycles. The highest BCUT2D eigenvalue weighted by Crippen LogP contribution is 2.30. The van der Waals surface area contributed by atoms with Crippen molar-refractivity contribution in [3.05, 3.63) is 23.8 Å². The van der Waals surface area contributed by atoms with Crippen molar-refractivity contribution < 1.29 is 28.8 Å². The smallest absolute Gasteiger partial charge is 0.341 e. The zero-order valence-corrected chi connectivity index (χ0v) is 10.3. The molecule has 0 spiro atoms. The monoisotopic (exact) mass is 256 g/mol. The quantitative estimate of drug-likeness (QED) is 0.448. The first-order valence-electron chi connectivity index (χ1n) is 5.30. The molecular weight excluding hydrogens is 240 g/mol. The van der Waals surface area contributed by atoms with Crippen molar-refractivity contribution in [2.24, 2.45) is 0 Å². The van der Waals surface area contributed by atoms with E-state index in [1.807, 2.05) is 0 Å². The Hall–Kier alpha value is -1.79. The van der Waals surface area contributed by atoms with Crippen LogP contribution in [0.4, 0.5) is 0 Å². The van der Waals surface area contributed by atoms with Crippen LogP contribution >= 0.6 is 0 Å². The van der Waals surface area contributed by atoms with Crippen molar-refractivity contribution in [3.63, 3.8) is 0 Å². The summed E-state index contributed by atoms with van der Waals surface area (Å²) in [6.45, 7) is 0.705. The lowest BCUT2D eigenvalue weighted by atomic mass is 10.2. The van der Waals surface area contributed by atoms with Gasteiger partial charge in [-0.05, 0) is 12.1 Å². The molecule has 1 aromatic rings. The largest absolute Gasteiger partial charge is 0.504 e. The molecule has 0 aliphatic carbocycles. The maximum atomic E-state index is 11.4. The van der Waals surface area contributed by atoms with E-state index in [1.54, 1.807) is 7.11 Å². The average Bonchev–Trinajstić information content (AvgIpc) is 2.39. The highest BCUT2D eigenvalue weighted by molar-refractivity contribution is 5.93. The third kappa shape index (κ3) is 3.90. The fourth-order valence-electron chi connectivity index (χ4n) is 1.25. The van der Waals surface area contributed by atoms with Gasteiger partial charge in [0, 0.05) is 7.11 Å². The van der Waals surface area contributed by atoms with Gasteiger partial charge in [-0.1, -0.05) is 6.07 Å². The molecule has 1 rings (SSSR count). The number of rotatable bonds is 7. The van der Waals surface area contributed by atoms with Gasteiger partial charge in [0.1, 0.15) is 5.56 Å². The minimum Gasteiger partial charge on any atom is -0.504 e. The van der Waals surface area contributed by atoms with Gasteiger partial charge in [0.05, 0.1) is 20.3 Å².